The molecule has 0 spiro atoms. The standard InChI is InChI=1S/C19H26N4O4/c1-2-26-18(24)16-5-3-4-10-22(16)11-15-12-23(19(25)27-15)14-8-6-13(7-9-14)17(20)21/h6-9,15-16H,2-5,10-12H2,1H3,(H3,20,21). The number of nitrogen functional groups attached to an aromatic ring is 1. The van der Waals surface area contributed by atoms with Gasteiger partial charge in [0.15, 0.2) is 0 Å². The molecule has 1 aromatic rings. The summed E-state index contributed by atoms with van der Waals surface area (Å²) in [7, 11) is 0. The van der Waals surface area contributed by atoms with Gasteiger partial charge in [-0.05, 0) is 50.6 Å². The molecular weight excluding hydrogens is 348 g/mol. The maximum absolute atomic E-state index is 12.3. The van der Waals surface area contributed by atoms with Crippen molar-refractivity contribution in [2.75, 3.05) is 31.1 Å². The van der Waals surface area contributed by atoms with Crippen LogP contribution in [0.15, 0.2) is 24.3 Å². The first kappa shape index (κ1) is 19.2. The van der Waals surface area contributed by atoms with Crippen molar-refractivity contribution in [1.82, 2.24) is 4.90 Å². The summed E-state index contributed by atoms with van der Waals surface area (Å²) in [6.07, 6.45) is 2.09. The highest BCUT2D eigenvalue weighted by Gasteiger charge is 2.37. The average Bonchev–Trinajstić information content (AvgIpc) is 3.02. The van der Waals surface area contributed by atoms with Crippen LogP contribution >= 0.6 is 0 Å². The number of hydrogen-bond acceptors (Lipinski definition) is 6. The van der Waals surface area contributed by atoms with Crippen molar-refractivity contribution in [1.29, 1.82) is 5.41 Å². The third kappa shape index (κ3) is 4.39. The number of amidine groups is 1. The monoisotopic (exact) mass is 374 g/mol. The lowest BCUT2D eigenvalue weighted by atomic mass is 10.0. The number of ether oxygens (including phenoxy) is 2. The SMILES string of the molecule is CCOC(=O)C1CCCCN1CC1CN(c2ccc(C(=N)N)cc2)C(=O)O1. The lowest BCUT2D eigenvalue weighted by molar-refractivity contribution is -0.151. The molecule has 1 amide bonds. The molecule has 2 atom stereocenters. The minimum Gasteiger partial charge on any atom is -0.465 e. The third-order valence-corrected chi connectivity index (χ3v) is 4.97. The van der Waals surface area contributed by atoms with Gasteiger partial charge >= 0.3 is 12.1 Å². The predicted molar refractivity (Wildman–Crippen MR) is 101 cm³/mol. The Kier molecular flexibility index (Phi) is 5.95. The first-order valence-electron chi connectivity index (χ1n) is 9.33. The van der Waals surface area contributed by atoms with Crippen molar-refractivity contribution < 1.29 is 19.1 Å². The number of carbonyl (C=O) groups excluding carboxylic acids is 2. The number of carbonyl (C=O) groups is 2. The summed E-state index contributed by atoms with van der Waals surface area (Å²) in [5, 5.41) is 7.44. The number of esters is 1. The van der Waals surface area contributed by atoms with Gasteiger partial charge in [-0.3, -0.25) is 20.0 Å². The molecule has 1 aromatic carbocycles. The van der Waals surface area contributed by atoms with Crippen LogP contribution < -0.4 is 10.6 Å². The number of likely N-dealkylation sites (tertiary alicyclic amines) is 1. The Morgan fingerprint density at radius 3 is 2.74 bits per heavy atom. The topological polar surface area (TPSA) is 109 Å². The van der Waals surface area contributed by atoms with Crippen molar-refractivity contribution in [3.63, 3.8) is 0 Å². The van der Waals surface area contributed by atoms with E-state index in [0.717, 1.165) is 25.8 Å². The molecule has 146 valence electrons. The highest BCUT2D eigenvalue weighted by atomic mass is 16.6. The van der Waals surface area contributed by atoms with Crippen LogP contribution in [0.5, 0.6) is 0 Å². The van der Waals surface area contributed by atoms with Crippen molar-refractivity contribution in [2.24, 2.45) is 5.73 Å². The molecule has 0 aliphatic carbocycles. The second kappa shape index (κ2) is 8.39. The molecule has 0 saturated carbocycles. The van der Waals surface area contributed by atoms with Crippen molar-refractivity contribution in [3.8, 4) is 0 Å². The van der Waals surface area contributed by atoms with Gasteiger partial charge in [0, 0.05) is 17.8 Å². The average molecular weight is 374 g/mol. The molecule has 2 unspecified atom stereocenters. The van der Waals surface area contributed by atoms with E-state index in [-0.39, 0.29) is 24.0 Å². The predicted octanol–water partition coefficient (Wildman–Crippen LogP) is 1.71. The van der Waals surface area contributed by atoms with Crippen LogP contribution in [0.4, 0.5) is 10.5 Å². The van der Waals surface area contributed by atoms with Gasteiger partial charge in [0.25, 0.3) is 0 Å². The van der Waals surface area contributed by atoms with Crippen LogP contribution in [0.2, 0.25) is 0 Å². The molecule has 2 aliphatic heterocycles. The van der Waals surface area contributed by atoms with E-state index in [0.29, 0.717) is 30.9 Å². The number of amides is 1. The number of nitrogens with zero attached hydrogens (tertiary/aromatic N) is 2. The van der Waals surface area contributed by atoms with Crippen molar-refractivity contribution in [2.45, 2.75) is 38.3 Å². The summed E-state index contributed by atoms with van der Waals surface area (Å²) >= 11 is 0. The molecule has 3 rings (SSSR count). The molecule has 2 heterocycles. The van der Waals surface area contributed by atoms with E-state index in [2.05, 4.69) is 4.90 Å². The second-order valence-corrected chi connectivity index (χ2v) is 6.84. The van der Waals surface area contributed by atoms with E-state index in [1.165, 1.54) is 0 Å². The van der Waals surface area contributed by atoms with E-state index in [1.54, 1.807) is 36.1 Å². The first-order chi connectivity index (χ1) is 13.0. The summed E-state index contributed by atoms with van der Waals surface area (Å²) in [5.41, 5.74) is 6.77. The number of cyclic esters (lactones) is 1. The molecule has 3 N–H and O–H groups in total. The van der Waals surface area contributed by atoms with Crippen molar-refractivity contribution in [3.05, 3.63) is 29.8 Å². The van der Waals surface area contributed by atoms with E-state index >= 15 is 0 Å². The van der Waals surface area contributed by atoms with Gasteiger partial charge in [-0.25, -0.2) is 4.79 Å². The summed E-state index contributed by atoms with van der Waals surface area (Å²) in [5.74, 6) is -0.211. The van der Waals surface area contributed by atoms with Gasteiger partial charge in [0.2, 0.25) is 0 Å². The number of hydrogen-bond donors (Lipinski definition) is 2. The quantitative estimate of drug-likeness (QED) is 0.446. The van der Waals surface area contributed by atoms with Gasteiger partial charge < -0.3 is 15.2 Å². The van der Waals surface area contributed by atoms with Gasteiger partial charge in [0.05, 0.1) is 13.2 Å². The molecule has 2 aliphatic rings. The first-order valence-corrected chi connectivity index (χ1v) is 9.33. The molecule has 2 saturated heterocycles. The minimum absolute atomic E-state index is 0.0152. The van der Waals surface area contributed by atoms with E-state index in [1.807, 2.05) is 0 Å². The van der Waals surface area contributed by atoms with E-state index in [4.69, 9.17) is 20.6 Å². The number of nitrogens with one attached hydrogen (secondary N) is 1. The fourth-order valence-corrected chi connectivity index (χ4v) is 3.62. The molecule has 2 fully saturated rings. The van der Waals surface area contributed by atoms with Gasteiger partial charge in [-0.15, -0.1) is 0 Å². The maximum Gasteiger partial charge on any atom is 0.414 e. The number of piperidine rings is 1. The summed E-state index contributed by atoms with van der Waals surface area (Å²) in [6, 6.07) is 6.66. The Morgan fingerprint density at radius 2 is 2.07 bits per heavy atom. The zero-order chi connectivity index (χ0) is 19.4. The fraction of sp³-hybridized carbons (Fsp3) is 0.526. The highest BCUT2D eigenvalue weighted by molar-refractivity contribution is 5.96. The summed E-state index contributed by atoms with van der Waals surface area (Å²) < 4.78 is 10.7. The van der Waals surface area contributed by atoms with Crippen molar-refractivity contribution >= 4 is 23.6 Å². The third-order valence-electron chi connectivity index (χ3n) is 4.97. The maximum atomic E-state index is 12.3. The largest absolute Gasteiger partial charge is 0.465 e. The molecule has 8 heteroatoms. The number of anilines is 1. The molecule has 27 heavy (non-hydrogen) atoms. The normalized spacial score (nSPS) is 23.1. The van der Waals surface area contributed by atoms with Gasteiger partial charge in [-0.2, -0.15) is 0 Å². The summed E-state index contributed by atoms with van der Waals surface area (Å²) in [4.78, 5) is 28.1. The van der Waals surface area contributed by atoms with Crippen LogP contribution in [-0.4, -0.2) is 61.2 Å². The van der Waals surface area contributed by atoms with Crippen LogP contribution in [0.3, 0.4) is 0 Å². The van der Waals surface area contributed by atoms with Gasteiger partial charge in [0.1, 0.15) is 18.0 Å². The van der Waals surface area contributed by atoms with Crippen LogP contribution in [0.25, 0.3) is 0 Å². The Morgan fingerprint density at radius 1 is 1.33 bits per heavy atom. The zero-order valence-corrected chi connectivity index (χ0v) is 15.5. The van der Waals surface area contributed by atoms with E-state index < -0.39 is 6.09 Å². The molecule has 8 nitrogen and oxygen atoms in total. The molecule has 0 radical (unpaired) electrons. The Bertz CT molecular complexity index is 706. The second-order valence-electron chi connectivity index (χ2n) is 6.84. The zero-order valence-electron chi connectivity index (χ0n) is 15.5. The summed E-state index contributed by atoms with van der Waals surface area (Å²) in [6.45, 7) is 3.90. The molecular formula is C19H26N4O4. The van der Waals surface area contributed by atoms with Crippen LogP contribution in [0.1, 0.15) is 31.7 Å². The number of nitrogens with two attached hydrogens (primary N) is 1. The number of benzene rings is 1. The van der Waals surface area contributed by atoms with E-state index in [9.17, 15) is 9.59 Å². The smallest absolute Gasteiger partial charge is 0.414 e. The van der Waals surface area contributed by atoms with Crippen LogP contribution in [0, 0.1) is 5.41 Å². The lowest BCUT2D eigenvalue weighted by Crippen LogP contribution is -2.49. The van der Waals surface area contributed by atoms with Crippen LogP contribution in [-0.2, 0) is 14.3 Å². The Balaban J connectivity index is 1.64. The number of rotatable bonds is 6. The Labute approximate surface area is 158 Å². The lowest BCUT2D eigenvalue weighted by Gasteiger charge is -2.34. The van der Waals surface area contributed by atoms with Gasteiger partial charge in [-0.1, -0.05) is 6.42 Å². The molecule has 0 bridgehead atoms. The Hall–Kier alpha value is -2.61. The highest BCUT2D eigenvalue weighted by Crippen LogP contribution is 2.25. The minimum atomic E-state index is -0.403. The fourth-order valence-electron chi connectivity index (χ4n) is 3.62. The molecule has 0 aromatic heterocycles.